The van der Waals surface area contributed by atoms with E-state index in [1.165, 1.54) is 76.3 Å². The van der Waals surface area contributed by atoms with E-state index in [2.05, 4.69) is 182 Å². The molecule has 0 bridgehead atoms. The lowest BCUT2D eigenvalue weighted by atomic mass is 9.83. The molecule has 0 fully saturated rings. The Kier molecular flexibility index (Phi) is 6.02. The first kappa shape index (κ1) is 28.2. The second-order valence-electron chi connectivity index (χ2n) is 13.6. The molecule has 236 valence electrons. The highest BCUT2D eigenvalue weighted by Crippen LogP contribution is 2.49. The lowest BCUT2D eigenvalue weighted by molar-refractivity contribution is 0.673. The number of rotatable bonds is 3. The molecule has 51 heavy (non-hydrogen) atoms. The van der Waals surface area contributed by atoms with Crippen LogP contribution in [-0.2, 0) is 0 Å². The Morgan fingerprint density at radius 3 is 1.51 bits per heavy atom. The molecule has 0 spiro atoms. The quantitative estimate of drug-likeness (QED) is 0.138. The Bertz CT molecular complexity index is 3130. The van der Waals surface area contributed by atoms with Crippen LogP contribution in [-0.4, -0.2) is 0 Å². The summed E-state index contributed by atoms with van der Waals surface area (Å²) in [7, 11) is 0. The van der Waals surface area contributed by atoms with Crippen LogP contribution >= 0.6 is 0 Å². The summed E-state index contributed by atoms with van der Waals surface area (Å²) in [6.45, 7) is 0. The van der Waals surface area contributed by atoms with Gasteiger partial charge >= 0.3 is 0 Å². The highest BCUT2D eigenvalue weighted by molar-refractivity contribution is 6.29. The number of furan rings is 1. The molecule has 0 N–H and O–H groups in total. The predicted octanol–water partition coefficient (Wildman–Crippen LogP) is 14.4. The second-order valence-corrected chi connectivity index (χ2v) is 13.6. The summed E-state index contributed by atoms with van der Waals surface area (Å²) in [4.78, 5) is 0. The SMILES string of the molecule is c1ccc(-c2cc(-c3c4ccccc4c(-c4cccc5c4ccc4ccccc45)c4ccccc34)c3c(c2)oc2c4ccccc4ccc23)cc1. The smallest absolute Gasteiger partial charge is 0.143 e. The zero-order chi connectivity index (χ0) is 33.5. The Balaban J connectivity index is 1.31. The largest absolute Gasteiger partial charge is 0.455 e. The molecule has 0 unspecified atom stereocenters. The lowest BCUT2D eigenvalue weighted by Gasteiger charge is -2.20. The van der Waals surface area contributed by atoms with Crippen molar-refractivity contribution in [2.24, 2.45) is 0 Å². The second kappa shape index (κ2) is 10.9. The van der Waals surface area contributed by atoms with Crippen molar-refractivity contribution < 1.29 is 4.42 Å². The van der Waals surface area contributed by atoms with Crippen LogP contribution in [0.15, 0.2) is 186 Å². The molecule has 1 nitrogen and oxygen atoms in total. The van der Waals surface area contributed by atoms with Gasteiger partial charge in [0.25, 0.3) is 0 Å². The monoisotopic (exact) mass is 646 g/mol. The fourth-order valence-electron chi connectivity index (χ4n) is 8.60. The van der Waals surface area contributed by atoms with Gasteiger partial charge in [0, 0.05) is 16.2 Å². The molecule has 0 aliphatic heterocycles. The van der Waals surface area contributed by atoms with Crippen molar-refractivity contribution >= 4 is 75.8 Å². The van der Waals surface area contributed by atoms with E-state index in [0.29, 0.717) is 0 Å². The molecule has 0 aliphatic carbocycles. The summed E-state index contributed by atoms with van der Waals surface area (Å²) in [6, 6.07) is 66.3. The van der Waals surface area contributed by atoms with Crippen molar-refractivity contribution in [3.63, 3.8) is 0 Å². The molecule has 0 amide bonds. The van der Waals surface area contributed by atoms with E-state index < -0.39 is 0 Å². The minimum absolute atomic E-state index is 0.899. The molecule has 1 heterocycles. The van der Waals surface area contributed by atoms with Crippen LogP contribution in [0.2, 0.25) is 0 Å². The van der Waals surface area contributed by atoms with Gasteiger partial charge in [-0.3, -0.25) is 0 Å². The predicted molar refractivity (Wildman–Crippen MR) is 218 cm³/mol. The van der Waals surface area contributed by atoms with Crippen molar-refractivity contribution in [3.8, 4) is 33.4 Å². The van der Waals surface area contributed by atoms with Gasteiger partial charge in [-0.1, -0.05) is 164 Å². The van der Waals surface area contributed by atoms with E-state index in [0.717, 1.165) is 32.9 Å². The van der Waals surface area contributed by atoms with Gasteiger partial charge in [-0.05, 0) is 100 Å². The summed E-state index contributed by atoms with van der Waals surface area (Å²) < 4.78 is 6.89. The maximum absolute atomic E-state index is 6.89. The average molecular weight is 647 g/mol. The third-order valence-corrected chi connectivity index (χ3v) is 10.8. The fourth-order valence-corrected chi connectivity index (χ4v) is 8.60. The molecule has 1 heteroatoms. The first-order chi connectivity index (χ1) is 25.3. The molecule has 11 rings (SSSR count). The average Bonchev–Trinajstić information content (AvgIpc) is 3.59. The van der Waals surface area contributed by atoms with Crippen molar-refractivity contribution in [1.82, 2.24) is 0 Å². The van der Waals surface area contributed by atoms with Gasteiger partial charge in [-0.25, -0.2) is 0 Å². The fraction of sp³-hybridized carbons (Fsp3) is 0. The molecule has 11 aromatic rings. The van der Waals surface area contributed by atoms with Gasteiger partial charge in [0.05, 0.1) is 0 Å². The third-order valence-electron chi connectivity index (χ3n) is 10.8. The molecule has 0 saturated heterocycles. The van der Waals surface area contributed by atoms with E-state index in [-0.39, 0.29) is 0 Å². The zero-order valence-corrected chi connectivity index (χ0v) is 27.7. The standard InChI is InChI=1S/C50H30O/c1-2-13-31(14-3-1)34-29-45(49-44-28-26-33-16-5-7-18-36(33)50(44)51-46(49)30-34)48-42-21-10-8-19-40(42)47(41-20-9-11-22-43(41)48)39-24-12-23-37-35-17-6-4-15-32(35)25-27-38(37)39/h1-30H. The van der Waals surface area contributed by atoms with E-state index in [9.17, 15) is 0 Å². The van der Waals surface area contributed by atoms with E-state index in [1.807, 2.05) is 0 Å². The molecular formula is C50H30O. The van der Waals surface area contributed by atoms with Crippen LogP contribution in [0.4, 0.5) is 0 Å². The van der Waals surface area contributed by atoms with Crippen molar-refractivity contribution in [1.29, 1.82) is 0 Å². The minimum Gasteiger partial charge on any atom is -0.455 e. The molecule has 0 aliphatic rings. The maximum atomic E-state index is 6.89. The van der Waals surface area contributed by atoms with E-state index >= 15 is 0 Å². The summed E-state index contributed by atoms with van der Waals surface area (Å²) in [5, 5.41) is 14.6. The summed E-state index contributed by atoms with van der Waals surface area (Å²) in [6.07, 6.45) is 0. The zero-order valence-electron chi connectivity index (χ0n) is 27.7. The summed E-state index contributed by atoms with van der Waals surface area (Å²) >= 11 is 0. The Hall–Kier alpha value is -6.70. The first-order valence-corrected chi connectivity index (χ1v) is 17.6. The van der Waals surface area contributed by atoms with Crippen LogP contribution in [0.1, 0.15) is 0 Å². The maximum Gasteiger partial charge on any atom is 0.143 e. The third kappa shape index (κ3) is 4.16. The molecule has 10 aromatic carbocycles. The molecular weight excluding hydrogens is 617 g/mol. The Labute approximate surface area is 294 Å². The topological polar surface area (TPSA) is 13.1 Å². The molecule has 0 saturated carbocycles. The number of fused-ring (bicyclic) bond motifs is 10. The van der Waals surface area contributed by atoms with Gasteiger partial charge in [0.2, 0.25) is 0 Å². The normalized spacial score (nSPS) is 11.9. The summed E-state index contributed by atoms with van der Waals surface area (Å²) in [5.41, 5.74) is 9.07. The van der Waals surface area contributed by atoms with Gasteiger partial charge in [-0.15, -0.1) is 0 Å². The van der Waals surface area contributed by atoms with Gasteiger partial charge in [0.1, 0.15) is 11.2 Å². The lowest BCUT2D eigenvalue weighted by Crippen LogP contribution is -1.93. The molecule has 0 atom stereocenters. The van der Waals surface area contributed by atoms with Crippen LogP contribution < -0.4 is 0 Å². The highest BCUT2D eigenvalue weighted by Gasteiger charge is 2.23. The summed E-state index contributed by atoms with van der Waals surface area (Å²) in [5.74, 6) is 0. The minimum atomic E-state index is 0.899. The van der Waals surface area contributed by atoms with E-state index in [4.69, 9.17) is 4.42 Å². The van der Waals surface area contributed by atoms with Crippen LogP contribution in [0.5, 0.6) is 0 Å². The Morgan fingerprint density at radius 1 is 0.294 bits per heavy atom. The van der Waals surface area contributed by atoms with Gasteiger partial charge in [0.15, 0.2) is 0 Å². The van der Waals surface area contributed by atoms with Crippen molar-refractivity contribution in [2.75, 3.05) is 0 Å². The van der Waals surface area contributed by atoms with Crippen LogP contribution in [0.3, 0.4) is 0 Å². The van der Waals surface area contributed by atoms with E-state index in [1.54, 1.807) is 0 Å². The Morgan fingerprint density at radius 2 is 0.824 bits per heavy atom. The van der Waals surface area contributed by atoms with Gasteiger partial charge < -0.3 is 4.42 Å². The molecule has 1 aromatic heterocycles. The number of hydrogen-bond acceptors (Lipinski definition) is 1. The molecule has 0 radical (unpaired) electrons. The van der Waals surface area contributed by atoms with Crippen LogP contribution in [0.25, 0.3) is 109 Å². The van der Waals surface area contributed by atoms with Crippen molar-refractivity contribution in [3.05, 3.63) is 182 Å². The highest BCUT2D eigenvalue weighted by atomic mass is 16.3. The first-order valence-electron chi connectivity index (χ1n) is 17.6. The van der Waals surface area contributed by atoms with Gasteiger partial charge in [-0.2, -0.15) is 0 Å². The van der Waals surface area contributed by atoms with Crippen LogP contribution in [0, 0.1) is 0 Å². The van der Waals surface area contributed by atoms with Crippen molar-refractivity contribution in [2.45, 2.75) is 0 Å². The number of benzene rings is 10. The number of hydrogen-bond donors (Lipinski definition) is 0.